The van der Waals surface area contributed by atoms with Crippen LogP contribution >= 0.6 is 0 Å². The molecule has 1 aromatic heterocycles. The first kappa shape index (κ1) is 13.4. The molecule has 1 rings (SSSR count). The number of nitrogens with zero attached hydrogens (tertiary/aromatic N) is 4. The molecule has 0 saturated carbocycles. The van der Waals surface area contributed by atoms with Gasteiger partial charge in [-0.1, -0.05) is 0 Å². The number of nitrogen functional groups attached to an aromatic ring is 1. The van der Waals surface area contributed by atoms with E-state index < -0.39 is 0 Å². The average Bonchev–Trinajstić information content (AvgIpc) is 2.37. The van der Waals surface area contributed by atoms with Gasteiger partial charge in [0.05, 0.1) is 19.8 Å². The van der Waals surface area contributed by atoms with E-state index in [4.69, 9.17) is 15.3 Å². The minimum Gasteiger partial charge on any atom is -0.467 e. The standard InChI is InChI=1S/C9H18N6O2/c1-6(5-16-3)15(2)8-11-7(14-10)12-9(13-8)17-4/h6H,5,10H2,1-4H3,(H,11,12,13,14). The summed E-state index contributed by atoms with van der Waals surface area (Å²) in [7, 11) is 4.99. The number of aromatic nitrogens is 3. The van der Waals surface area contributed by atoms with Gasteiger partial charge in [-0.2, -0.15) is 15.0 Å². The van der Waals surface area contributed by atoms with Crippen molar-refractivity contribution < 1.29 is 9.47 Å². The maximum absolute atomic E-state index is 5.28. The van der Waals surface area contributed by atoms with Gasteiger partial charge in [0.25, 0.3) is 0 Å². The Morgan fingerprint density at radius 2 is 2.06 bits per heavy atom. The van der Waals surface area contributed by atoms with E-state index in [0.717, 1.165) is 0 Å². The highest BCUT2D eigenvalue weighted by atomic mass is 16.5. The quantitative estimate of drug-likeness (QED) is 0.515. The fourth-order valence-electron chi connectivity index (χ4n) is 1.21. The van der Waals surface area contributed by atoms with Crippen LogP contribution in [0.5, 0.6) is 6.01 Å². The summed E-state index contributed by atoms with van der Waals surface area (Å²) in [6.45, 7) is 2.56. The predicted octanol–water partition coefficient (Wildman–Crippen LogP) is -0.363. The molecular formula is C9H18N6O2. The first-order chi connectivity index (χ1) is 8.12. The van der Waals surface area contributed by atoms with Crippen LogP contribution in [-0.2, 0) is 4.74 Å². The molecule has 3 N–H and O–H groups in total. The largest absolute Gasteiger partial charge is 0.467 e. The number of methoxy groups -OCH3 is 2. The highest BCUT2D eigenvalue weighted by Crippen LogP contribution is 2.14. The molecular weight excluding hydrogens is 224 g/mol. The van der Waals surface area contributed by atoms with Crippen LogP contribution in [0.3, 0.4) is 0 Å². The Balaban J connectivity index is 2.95. The summed E-state index contributed by atoms with van der Waals surface area (Å²) in [4.78, 5) is 14.0. The van der Waals surface area contributed by atoms with E-state index in [-0.39, 0.29) is 18.0 Å². The molecule has 8 heteroatoms. The number of likely N-dealkylation sites (N-methyl/N-ethyl adjacent to an activating group) is 1. The summed E-state index contributed by atoms with van der Waals surface area (Å²) >= 11 is 0. The molecule has 0 bridgehead atoms. The van der Waals surface area contributed by atoms with Gasteiger partial charge >= 0.3 is 6.01 Å². The molecule has 0 amide bonds. The third kappa shape index (κ3) is 3.40. The summed E-state index contributed by atoms with van der Waals surface area (Å²) in [6, 6.07) is 0.331. The van der Waals surface area contributed by atoms with E-state index >= 15 is 0 Å². The molecule has 0 radical (unpaired) electrons. The predicted molar refractivity (Wildman–Crippen MR) is 63.9 cm³/mol. The molecule has 0 saturated heterocycles. The number of nitrogens with one attached hydrogen (secondary N) is 1. The Morgan fingerprint density at radius 3 is 2.59 bits per heavy atom. The minimum atomic E-state index is 0.123. The van der Waals surface area contributed by atoms with Gasteiger partial charge in [0.2, 0.25) is 11.9 Å². The van der Waals surface area contributed by atoms with Crippen LogP contribution in [0.15, 0.2) is 0 Å². The van der Waals surface area contributed by atoms with Crippen molar-refractivity contribution in [1.29, 1.82) is 0 Å². The molecule has 1 heterocycles. The zero-order valence-corrected chi connectivity index (χ0v) is 10.5. The normalized spacial score (nSPS) is 12.1. The molecule has 0 fully saturated rings. The third-order valence-electron chi connectivity index (χ3n) is 2.30. The Morgan fingerprint density at radius 1 is 1.35 bits per heavy atom. The topological polar surface area (TPSA) is 98.4 Å². The van der Waals surface area contributed by atoms with Crippen molar-refractivity contribution in [3.05, 3.63) is 0 Å². The second-order valence-electron chi connectivity index (χ2n) is 3.51. The van der Waals surface area contributed by atoms with Crippen LogP contribution in [0.1, 0.15) is 6.92 Å². The van der Waals surface area contributed by atoms with Crippen LogP contribution in [0.2, 0.25) is 0 Å². The fourth-order valence-corrected chi connectivity index (χ4v) is 1.21. The summed E-state index contributed by atoms with van der Waals surface area (Å²) in [5.74, 6) is 6.00. The number of hydrazine groups is 1. The van der Waals surface area contributed by atoms with Crippen LogP contribution in [-0.4, -0.2) is 48.9 Å². The maximum Gasteiger partial charge on any atom is 0.322 e. The fraction of sp³-hybridized carbons (Fsp3) is 0.667. The van der Waals surface area contributed by atoms with Gasteiger partial charge < -0.3 is 14.4 Å². The number of anilines is 2. The molecule has 1 aromatic rings. The highest BCUT2D eigenvalue weighted by molar-refractivity contribution is 5.37. The van der Waals surface area contributed by atoms with Crippen molar-refractivity contribution in [3.63, 3.8) is 0 Å². The lowest BCUT2D eigenvalue weighted by atomic mass is 10.3. The molecule has 1 atom stereocenters. The van der Waals surface area contributed by atoms with E-state index in [1.54, 1.807) is 7.11 Å². The smallest absolute Gasteiger partial charge is 0.322 e. The molecule has 17 heavy (non-hydrogen) atoms. The van der Waals surface area contributed by atoms with E-state index in [0.29, 0.717) is 12.6 Å². The summed E-state index contributed by atoms with van der Waals surface area (Å²) in [5.41, 5.74) is 2.37. The summed E-state index contributed by atoms with van der Waals surface area (Å²) < 4.78 is 10.0. The van der Waals surface area contributed by atoms with Gasteiger partial charge in [-0.25, -0.2) is 5.84 Å². The molecule has 8 nitrogen and oxygen atoms in total. The van der Waals surface area contributed by atoms with Crippen molar-refractivity contribution in [2.24, 2.45) is 5.84 Å². The molecule has 0 aliphatic carbocycles. The molecule has 0 aromatic carbocycles. The lowest BCUT2D eigenvalue weighted by Gasteiger charge is -2.24. The zero-order chi connectivity index (χ0) is 12.8. The maximum atomic E-state index is 5.28. The summed E-state index contributed by atoms with van der Waals surface area (Å²) in [6.07, 6.45) is 0. The Bertz CT molecular complexity index is 339. The second kappa shape index (κ2) is 6.16. The first-order valence-electron chi connectivity index (χ1n) is 5.10. The van der Waals surface area contributed by atoms with Crippen LogP contribution in [0.4, 0.5) is 11.9 Å². The van der Waals surface area contributed by atoms with Gasteiger partial charge in [0.1, 0.15) is 0 Å². The third-order valence-corrected chi connectivity index (χ3v) is 2.30. The van der Waals surface area contributed by atoms with Crippen molar-refractivity contribution in [1.82, 2.24) is 15.0 Å². The lowest BCUT2D eigenvalue weighted by Crippen LogP contribution is -2.34. The number of hydrogen-bond donors (Lipinski definition) is 2. The van der Waals surface area contributed by atoms with Crippen molar-refractivity contribution >= 4 is 11.9 Å². The molecule has 0 spiro atoms. The number of nitrogens with two attached hydrogens (primary N) is 1. The van der Waals surface area contributed by atoms with Crippen LogP contribution in [0.25, 0.3) is 0 Å². The van der Waals surface area contributed by atoms with Crippen molar-refractivity contribution in [3.8, 4) is 6.01 Å². The van der Waals surface area contributed by atoms with Crippen LogP contribution < -0.4 is 20.9 Å². The monoisotopic (exact) mass is 242 g/mol. The van der Waals surface area contributed by atoms with Gasteiger partial charge in [0, 0.05) is 14.2 Å². The van der Waals surface area contributed by atoms with Gasteiger partial charge in [0.15, 0.2) is 0 Å². The number of hydrogen-bond acceptors (Lipinski definition) is 8. The first-order valence-corrected chi connectivity index (χ1v) is 5.10. The zero-order valence-electron chi connectivity index (χ0n) is 10.5. The Labute approximate surface area is 100 Å². The molecule has 1 unspecified atom stereocenters. The van der Waals surface area contributed by atoms with Gasteiger partial charge in [-0.3, -0.25) is 5.43 Å². The SMILES string of the molecule is COCC(C)N(C)c1nc(NN)nc(OC)n1. The Hall–Kier alpha value is -1.67. The average molecular weight is 242 g/mol. The van der Waals surface area contributed by atoms with E-state index in [2.05, 4.69) is 20.4 Å². The van der Waals surface area contributed by atoms with Crippen molar-refractivity contribution in [2.75, 3.05) is 38.2 Å². The molecule has 0 aliphatic heterocycles. The van der Waals surface area contributed by atoms with E-state index in [9.17, 15) is 0 Å². The van der Waals surface area contributed by atoms with E-state index in [1.807, 2.05) is 18.9 Å². The van der Waals surface area contributed by atoms with E-state index in [1.165, 1.54) is 7.11 Å². The molecule has 0 aliphatic rings. The van der Waals surface area contributed by atoms with Gasteiger partial charge in [-0.15, -0.1) is 0 Å². The number of rotatable bonds is 6. The van der Waals surface area contributed by atoms with Gasteiger partial charge in [-0.05, 0) is 6.92 Å². The number of ether oxygens (including phenoxy) is 2. The van der Waals surface area contributed by atoms with Crippen LogP contribution in [0, 0.1) is 0 Å². The second-order valence-corrected chi connectivity index (χ2v) is 3.51. The lowest BCUT2D eigenvalue weighted by molar-refractivity contribution is 0.183. The molecule has 96 valence electrons. The highest BCUT2D eigenvalue weighted by Gasteiger charge is 2.15. The minimum absolute atomic E-state index is 0.123. The Kier molecular flexibility index (Phi) is 4.85. The summed E-state index contributed by atoms with van der Waals surface area (Å²) in [5, 5.41) is 0. The van der Waals surface area contributed by atoms with Crippen molar-refractivity contribution in [2.45, 2.75) is 13.0 Å².